The van der Waals surface area contributed by atoms with Crippen LogP contribution in [-0.4, -0.2) is 23.4 Å². The van der Waals surface area contributed by atoms with Crippen molar-refractivity contribution in [1.82, 2.24) is 9.34 Å². The van der Waals surface area contributed by atoms with Crippen LogP contribution in [0.25, 0.3) is 0 Å². The van der Waals surface area contributed by atoms with E-state index in [0.717, 1.165) is 12.0 Å². The highest BCUT2D eigenvalue weighted by Gasteiger charge is 2.46. The Bertz CT molecular complexity index is 891. The molecule has 1 aliphatic rings. The van der Waals surface area contributed by atoms with E-state index >= 15 is 0 Å². The van der Waals surface area contributed by atoms with Crippen molar-refractivity contribution >= 4 is 7.44 Å². The molecular weight excluding hydrogens is 363 g/mol. The Hall–Kier alpha value is -2.19. The summed E-state index contributed by atoms with van der Waals surface area (Å²) in [5.74, 6) is 0. The second kappa shape index (κ2) is 8.05. The minimum Gasteiger partial charge on any atom is -0.288 e. The zero-order valence-electron chi connectivity index (χ0n) is 16.5. The summed E-state index contributed by atoms with van der Waals surface area (Å²) in [6.07, 6.45) is 1.47. The number of rotatable bonds is 4. The van der Waals surface area contributed by atoms with Crippen LogP contribution in [0.3, 0.4) is 0 Å². The second-order valence-electron chi connectivity index (χ2n) is 7.54. The number of hydrogen-bond acceptors (Lipinski definition) is 1. The van der Waals surface area contributed by atoms with Gasteiger partial charge in [0, 0.05) is 12.1 Å². The highest BCUT2D eigenvalue weighted by atomic mass is 31.2. The molecule has 1 heterocycles. The Labute approximate surface area is 168 Å². The number of nitrogens with zero attached hydrogens (tertiary/aromatic N) is 2. The molecule has 0 radical (unpaired) electrons. The van der Waals surface area contributed by atoms with Crippen LogP contribution in [0.5, 0.6) is 0 Å². The van der Waals surface area contributed by atoms with E-state index in [2.05, 4.69) is 70.0 Å². The number of hydrogen-bond donors (Lipinski definition) is 0. The van der Waals surface area contributed by atoms with Gasteiger partial charge >= 0.3 is 0 Å². The van der Waals surface area contributed by atoms with E-state index in [1.807, 2.05) is 44.4 Å². The van der Waals surface area contributed by atoms with Gasteiger partial charge < -0.3 is 0 Å². The Morgan fingerprint density at radius 1 is 0.714 bits per heavy atom. The van der Waals surface area contributed by atoms with Gasteiger partial charge in [-0.2, -0.15) is 0 Å². The lowest BCUT2D eigenvalue weighted by atomic mass is 9.95. The highest BCUT2D eigenvalue weighted by Crippen LogP contribution is 2.65. The zero-order chi connectivity index (χ0) is 19.6. The molecule has 3 nitrogen and oxygen atoms in total. The lowest BCUT2D eigenvalue weighted by Gasteiger charge is -2.49. The molecule has 3 aromatic rings. The molecule has 1 aliphatic heterocycles. The monoisotopic (exact) mass is 390 g/mol. The maximum atomic E-state index is 14.5. The van der Waals surface area contributed by atoms with E-state index in [9.17, 15) is 4.57 Å². The average molecular weight is 390 g/mol. The molecule has 0 amide bonds. The van der Waals surface area contributed by atoms with Crippen LogP contribution in [0.1, 0.15) is 35.2 Å². The molecule has 3 aromatic carbocycles. The van der Waals surface area contributed by atoms with Gasteiger partial charge in [-0.15, -0.1) is 0 Å². The van der Waals surface area contributed by atoms with Crippen LogP contribution < -0.4 is 0 Å². The molecule has 144 valence electrons. The summed E-state index contributed by atoms with van der Waals surface area (Å²) in [5.41, 5.74) is 3.57. The van der Waals surface area contributed by atoms with Crippen LogP contribution in [0.15, 0.2) is 91.0 Å². The van der Waals surface area contributed by atoms with Crippen molar-refractivity contribution in [3.63, 3.8) is 0 Å². The molecule has 0 N–H and O–H groups in total. The van der Waals surface area contributed by atoms with Crippen LogP contribution in [-0.2, 0) is 10.7 Å². The molecule has 0 spiro atoms. The van der Waals surface area contributed by atoms with E-state index in [1.54, 1.807) is 0 Å². The second-order valence-corrected chi connectivity index (χ2v) is 10.5. The summed E-state index contributed by atoms with van der Waals surface area (Å²) in [6, 6.07) is 31.4. The summed E-state index contributed by atoms with van der Waals surface area (Å²) < 4.78 is 18.8. The van der Waals surface area contributed by atoms with Gasteiger partial charge in [0.2, 0.25) is 7.44 Å². The first-order chi connectivity index (χ1) is 13.6. The third-order valence-corrected chi connectivity index (χ3v) is 9.24. The van der Waals surface area contributed by atoms with Gasteiger partial charge in [0.15, 0.2) is 0 Å². The van der Waals surface area contributed by atoms with E-state index in [4.69, 9.17) is 0 Å². The maximum absolute atomic E-state index is 14.5. The Kier molecular flexibility index (Phi) is 5.50. The first-order valence-corrected chi connectivity index (χ1v) is 11.6. The molecule has 0 aromatic heterocycles. The normalized spacial score (nSPS) is 26.2. The summed E-state index contributed by atoms with van der Waals surface area (Å²) in [4.78, 5) is 0. The molecule has 1 fully saturated rings. The summed E-state index contributed by atoms with van der Waals surface area (Å²) in [5, 5.41) is 0. The van der Waals surface area contributed by atoms with Crippen LogP contribution in [0.2, 0.25) is 0 Å². The maximum Gasteiger partial charge on any atom is 0.221 e. The SMILES string of the molecule is CN1C(c2ccccc2)CC(c2ccccc2)N(C)P1(=O)Cc1ccccc1. The van der Waals surface area contributed by atoms with Gasteiger partial charge in [-0.3, -0.25) is 4.57 Å². The fourth-order valence-electron chi connectivity index (χ4n) is 4.27. The quantitative estimate of drug-likeness (QED) is 0.501. The standard InChI is InChI=1S/C24H27N2OP/c1-25-23(21-14-8-4-9-15-21)18-24(22-16-10-5-11-17-22)26(2)28(25,27)19-20-12-6-3-7-13-20/h3-17,23-24H,18-19H2,1-2H3. The van der Waals surface area contributed by atoms with Gasteiger partial charge in [-0.25, -0.2) is 9.34 Å². The van der Waals surface area contributed by atoms with E-state index < -0.39 is 7.44 Å². The van der Waals surface area contributed by atoms with Gasteiger partial charge in [0.05, 0.1) is 6.16 Å². The Balaban J connectivity index is 1.77. The fourth-order valence-corrected chi connectivity index (χ4v) is 7.18. The van der Waals surface area contributed by atoms with Crippen molar-refractivity contribution in [2.75, 3.05) is 14.1 Å². The predicted molar refractivity (Wildman–Crippen MR) is 116 cm³/mol. The van der Waals surface area contributed by atoms with Gasteiger partial charge in [0.1, 0.15) is 0 Å². The summed E-state index contributed by atoms with van der Waals surface area (Å²) in [6.45, 7) is 0. The Morgan fingerprint density at radius 2 is 1.11 bits per heavy atom. The van der Waals surface area contributed by atoms with Crippen molar-refractivity contribution in [1.29, 1.82) is 0 Å². The molecule has 2 atom stereocenters. The third-order valence-electron chi connectivity index (χ3n) is 5.93. The van der Waals surface area contributed by atoms with Crippen molar-refractivity contribution in [3.8, 4) is 0 Å². The first-order valence-electron chi connectivity index (χ1n) is 9.79. The first kappa shape index (κ1) is 19.1. The lowest BCUT2D eigenvalue weighted by molar-refractivity contribution is 0.202. The van der Waals surface area contributed by atoms with E-state index in [-0.39, 0.29) is 12.1 Å². The van der Waals surface area contributed by atoms with E-state index in [1.165, 1.54) is 11.1 Å². The van der Waals surface area contributed by atoms with Crippen LogP contribution >= 0.6 is 7.44 Å². The van der Waals surface area contributed by atoms with Crippen molar-refractivity contribution in [2.24, 2.45) is 0 Å². The highest BCUT2D eigenvalue weighted by molar-refractivity contribution is 7.58. The molecular formula is C24H27N2OP. The molecule has 4 heteroatoms. The third kappa shape index (κ3) is 3.58. The fraction of sp³-hybridized carbons (Fsp3) is 0.250. The number of benzene rings is 3. The average Bonchev–Trinajstić information content (AvgIpc) is 2.75. The molecule has 4 rings (SSSR count). The van der Waals surface area contributed by atoms with Gasteiger partial charge in [-0.05, 0) is 37.2 Å². The molecule has 28 heavy (non-hydrogen) atoms. The minimum absolute atomic E-state index is 0.122. The molecule has 0 aliphatic carbocycles. The smallest absolute Gasteiger partial charge is 0.221 e. The molecule has 0 bridgehead atoms. The zero-order valence-corrected chi connectivity index (χ0v) is 17.4. The van der Waals surface area contributed by atoms with Crippen LogP contribution in [0, 0.1) is 0 Å². The van der Waals surface area contributed by atoms with Gasteiger partial charge in [0.25, 0.3) is 0 Å². The molecule has 2 unspecified atom stereocenters. The topological polar surface area (TPSA) is 23.6 Å². The lowest BCUT2D eigenvalue weighted by Crippen LogP contribution is -2.40. The van der Waals surface area contributed by atoms with Crippen molar-refractivity contribution in [3.05, 3.63) is 108 Å². The summed E-state index contributed by atoms with van der Waals surface area (Å²) in [7, 11) is 1.26. The molecule has 1 saturated heterocycles. The van der Waals surface area contributed by atoms with Gasteiger partial charge in [-0.1, -0.05) is 91.0 Å². The van der Waals surface area contributed by atoms with Crippen molar-refractivity contribution < 1.29 is 4.57 Å². The Morgan fingerprint density at radius 3 is 1.54 bits per heavy atom. The molecule has 0 saturated carbocycles. The van der Waals surface area contributed by atoms with Crippen LogP contribution in [0.4, 0.5) is 0 Å². The van der Waals surface area contributed by atoms with E-state index in [0.29, 0.717) is 6.16 Å². The largest absolute Gasteiger partial charge is 0.288 e. The predicted octanol–water partition coefficient (Wildman–Crippen LogP) is 6.13. The van der Waals surface area contributed by atoms with Crippen molar-refractivity contribution in [2.45, 2.75) is 24.7 Å². The summed E-state index contributed by atoms with van der Waals surface area (Å²) >= 11 is 0. The minimum atomic E-state index is -2.79.